The summed E-state index contributed by atoms with van der Waals surface area (Å²) < 4.78 is 0. The molecule has 0 bridgehead atoms. The molecular formula is C16H26N2O2S. The minimum atomic E-state index is -0.850. The van der Waals surface area contributed by atoms with E-state index in [2.05, 4.69) is 23.7 Å². The van der Waals surface area contributed by atoms with E-state index < -0.39 is 5.97 Å². The topological polar surface area (TPSA) is 53.4 Å². The number of carbonyl (C=O) groups is 1. The largest absolute Gasteiger partial charge is 0.477 e. The van der Waals surface area contributed by atoms with Crippen LogP contribution >= 0.6 is 11.3 Å². The van der Waals surface area contributed by atoms with Gasteiger partial charge in [0.15, 0.2) is 5.13 Å². The number of hydrogen-bond acceptors (Lipinski definition) is 4. The summed E-state index contributed by atoms with van der Waals surface area (Å²) in [7, 11) is 0. The van der Waals surface area contributed by atoms with Crippen LogP contribution in [-0.4, -0.2) is 29.1 Å². The number of thiazole rings is 1. The number of aromatic carboxylic acids is 1. The van der Waals surface area contributed by atoms with Crippen molar-refractivity contribution in [2.75, 3.05) is 18.0 Å². The Morgan fingerprint density at radius 2 is 2.00 bits per heavy atom. The van der Waals surface area contributed by atoms with Gasteiger partial charge in [0.1, 0.15) is 4.88 Å². The summed E-state index contributed by atoms with van der Waals surface area (Å²) in [5.74, 6) is 0.800. The molecule has 1 aromatic heterocycles. The minimum Gasteiger partial charge on any atom is -0.477 e. The molecule has 0 amide bonds. The lowest BCUT2D eigenvalue weighted by molar-refractivity contribution is 0.0700. The van der Waals surface area contributed by atoms with Crippen molar-refractivity contribution in [2.45, 2.75) is 52.9 Å². The molecular weight excluding hydrogens is 284 g/mol. The van der Waals surface area contributed by atoms with Gasteiger partial charge in [0, 0.05) is 13.1 Å². The van der Waals surface area contributed by atoms with Gasteiger partial charge in [-0.15, -0.1) is 0 Å². The molecule has 1 unspecified atom stereocenters. The van der Waals surface area contributed by atoms with Crippen molar-refractivity contribution in [3.63, 3.8) is 0 Å². The number of aromatic nitrogens is 1. The molecule has 4 nitrogen and oxygen atoms in total. The SMILES string of the molecule is CC(C)c1nc(N2CCCC(C(C)C)CC2)sc1C(=O)O. The van der Waals surface area contributed by atoms with Crippen molar-refractivity contribution in [2.24, 2.45) is 11.8 Å². The number of carboxylic acid groups (broad SMARTS) is 1. The fraction of sp³-hybridized carbons (Fsp3) is 0.750. The molecule has 0 aliphatic carbocycles. The Morgan fingerprint density at radius 3 is 2.52 bits per heavy atom. The van der Waals surface area contributed by atoms with E-state index in [1.54, 1.807) is 0 Å². The normalized spacial score (nSPS) is 20.1. The summed E-state index contributed by atoms with van der Waals surface area (Å²) in [5.41, 5.74) is 0.729. The van der Waals surface area contributed by atoms with Crippen LogP contribution in [0.4, 0.5) is 5.13 Å². The monoisotopic (exact) mass is 310 g/mol. The standard InChI is InChI=1S/C16H26N2O2S/c1-10(2)12-6-5-8-18(9-7-12)16-17-13(11(3)4)14(21-16)15(19)20/h10-12H,5-9H2,1-4H3,(H,19,20). The highest BCUT2D eigenvalue weighted by Crippen LogP contribution is 2.33. The van der Waals surface area contributed by atoms with Gasteiger partial charge >= 0.3 is 5.97 Å². The summed E-state index contributed by atoms with van der Waals surface area (Å²) >= 11 is 1.34. The lowest BCUT2D eigenvalue weighted by atomic mass is 9.89. The molecule has 0 radical (unpaired) electrons. The molecule has 1 N–H and O–H groups in total. The molecule has 2 heterocycles. The fourth-order valence-electron chi connectivity index (χ4n) is 2.98. The lowest BCUT2D eigenvalue weighted by Gasteiger charge is -2.20. The first kappa shape index (κ1) is 16.3. The first-order valence-corrected chi connectivity index (χ1v) is 8.70. The van der Waals surface area contributed by atoms with Gasteiger partial charge in [-0.05, 0) is 37.0 Å². The summed E-state index contributed by atoms with van der Waals surface area (Å²) in [4.78, 5) is 18.7. The van der Waals surface area contributed by atoms with Gasteiger partial charge in [0.05, 0.1) is 5.69 Å². The number of rotatable bonds is 4. The predicted molar refractivity (Wildman–Crippen MR) is 87.6 cm³/mol. The summed E-state index contributed by atoms with van der Waals surface area (Å²) in [6, 6.07) is 0. The molecule has 21 heavy (non-hydrogen) atoms. The highest BCUT2D eigenvalue weighted by atomic mass is 32.1. The molecule has 5 heteroatoms. The van der Waals surface area contributed by atoms with Gasteiger partial charge in [-0.25, -0.2) is 9.78 Å². The second-order valence-corrected chi connectivity index (χ2v) is 7.57. The van der Waals surface area contributed by atoms with Crippen LogP contribution in [0.15, 0.2) is 0 Å². The first-order valence-electron chi connectivity index (χ1n) is 7.89. The van der Waals surface area contributed by atoms with Crippen LogP contribution in [-0.2, 0) is 0 Å². The van der Waals surface area contributed by atoms with Gasteiger partial charge in [0.2, 0.25) is 0 Å². The van der Waals surface area contributed by atoms with E-state index in [1.807, 2.05) is 13.8 Å². The highest BCUT2D eigenvalue weighted by Gasteiger charge is 2.25. The quantitative estimate of drug-likeness (QED) is 0.904. The molecule has 2 rings (SSSR count). The second kappa shape index (κ2) is 6.77. The van der Waals surface area contributed by atoms with Crippen LogP contribution in [0.3, 0.4) is 0 Å². The Morgan fingerprint density at radius 1 is 1.29 bits per heavy atom. The highest BCUT2D eigenvalue weighted by molar-refractivity contribution is 7.17. The van der Waals surface area contributed by atoms with Crippen LogP contribution in [0.1, 0.15) is 68.2 Å². The average Bonchev–Trinajstić information content (AvgIpc) is 2.70. The zero-order chi connectivity index (χ0) is 15.6. The van der Waals surface area contributed by atoms with Crippen molar-refractivity contribution < 1.29 is 9.90 Å². The Bertz CT molecular complexity index is 496. The third kappa shape index (κ3) is 3.76. The lowest BCUT2D eigenvalue weighted by Crippen LogP contribution is -2.24. The number of carboxylic acids is 1. The van der Waals surface area contributed by atoms with E-state index in [0.717, 1.165) is 35.8 Å². The smallest absolute Gasteiger partial charge is 0.347 e. The maximum atomic E-state index is 11.4. The molecule has 0 aromatic carbocycles. The molecule has 1 saturated heterocycles. The van der Waals surface area contributed by atoms with E-state index >= 15 is 0 Å². The van der Waals surface area contributed by atoms with Crippen LogP contribution < -0.4 is 4.90 Å². The zero-order valence-corrected chi connectivity index (χ0v) is 14.2. The molecule has 0 spiro atoms. The Kier molecular flexibility index (Phi) is 5.25. The maximum absolute atomic E-state index is 11.4. The maximum Gasteiger partial charge on any atom is 0.347 e. The van der Waals surface area contributed by atoms with Crippen molar-refractivity contribution in [1.82, 2.24) is 4.98 Å². The summed E-state index contributed by atoms with van der Waals surface area (Å²) in [6.07, 6.45) is 3.61. The van der Waals surface area contributed by atoms with E-state index in [0.29, 0.717) is 4.88 Å². The Labute approximate surface area is 131 Å². The third-order valence-electron chi connectivity index (χ3n) is 4.37. The molecule has 0 saturated carbocycles. The molecule has 1 aliphatic rings. The van der Waals surface area contributed by atoms with E-state index in [1.165, 1.54) is 30.6 Å². The van der Waals surface area contributed by atoms with Crippen molar-refractivity contribution in [3.05, 3.63) is 10.6 Å². The number of hydrogen-bond donors (Lipinski definition) is 1. The predicted octanol–water partition coefficient (Wildman–Crippen LogP) is 4.23. The summed E-state index contributed by atoms with van der Waals surface area (Å²) in [6.45, 7) is 10.6. The van der Waals surface area contributed by atoms with Crippen LogP contribution in [0.5, 0.6) is 0 Å². The van der Waals surface area contributed by atoms with Crippen LogP contribution in [0.2, 0.25) is 0 Å². The van der Waals surface area contributed by atoms with Gasteiger partial charge in [0.25, 0.3) is 0 Å². The molecule has 1 aliphatic heterocycles. The summed E-state index contributed by atoms with van der Waals surface area (Å²) in [5, 5.41) is 10.2. The first-order chi connectivity index (χ1) is 9.90. The van der Waals surface area contributed by atoms with Gasteiger partial charge in [-0.3, -0.25) is 0 Å². The Hall–Kier alpha value is -1.10. The van der Waals surface area contributed by atoms with Crippen molar-refractivity contribution in [1.29, 1.82) is 0 Å². The average molecular weight is 310 g/mol. The number of nitrogens with zero attached hydrogens (tertiary/aromatic N) is 2. The molecule has 1 atom stereocenters. The van der Waals surface area contributed by atoms with Crippen LogP contribution in [0, 0.1) is 11.8 Å². The van der Waals surface area contributed by atoms with E-state index in [9.17, 15) is 9.90 Å². The fourth-order valence-corrected chi connectivity index (χ4v) is 4.09. The molecule has 1 aromatic rings. The van der Waals surface area contributed by atoms with Gasteiger partial charge in [-0.2, -0.15) is 0 Å². The number of anilines is 1. The van der Waals surface area contributed by atoms with Crippen LogP contribution in [0.25, 0.3) is 0 Å². The molecule has 118 valence electrons. The van der Waals surface area contributed by atoms with Crippen molar-refractivity contribution >= 4 is 22.4 Å². The van der Waals surface area contributed by atoms with Gasteiger partial charge in [-0.1, -0.05) is 39.0 Å². The third-order valence-corrected chi connectivity index (χ3v) is 5.49. The second-order valence-electron chi connectivity index (χ2n) is 6.59. The van der Waals surface area contributed by atoms with E-state index in [-0.39, 0.29) is 5.92 Å². The van der Waals surface area contributed by atoms with E-state index in [4.69, 9.17) is 0 Å². The van der Waals surface area contributed by atoms with Gasteiger partial charge < -0.3 is 10.0 Å². The zero-order valence-electron chi connectivity index (χ0n) is 13.4. The van der Waals surface area contributed by atoms with Crippen molar-refractivity contribution in [3.8, 4) is 0 Å². The Balaban J connectivity index is 2.18. The minimum absolute atomic E-state index is 0.150. The molecule has 1 fully saturated rings.